The number of carbonyl (C=O) groups excluding carboxylic acids is 2. The van der Waals surface area contributed by atoms with Crippen LogP contribution in [0.3, 0.4) is 0 Å². The largest absolute Gasteiger partial charge is 0.491 e. The van der Waals surface area contributed by atoms with Crippen molar-refractivity contribution in [3.8, 4) is 16.9 Å². The normalized spacial score (nSPS) is 18.4. The molecular formula is C32H35N3O4. The summed E-state index contributed by atoms with van der Waals surface area (Å²) in [7, 11) is 1.76. The van der Waals surface area contributed by atoms with E-state index in [4.69, 9.17) is 9.47 Å². The van der Waals surface area contributed by atoms with Crippen molar-refractivity contribution >= 4 is 23.1 Å². The fourth-order valence-corrected chi connectivity index (χ4v) is 5.23. The van der Waals surface area contributed by atoms with E-state index in [0.29, 0.717) is 22.7 Å². The molecule has 1 saturated heterocycles. The van der Waals surface area contributed by atoms with Gasteiger partial charge in [-0.05, 0) is 86.3 Å². The summed E-state index contributed by atoms with van der Waals surface area (Å²) in [5.74, 6) is -0.0163. The monoisotopic (exact) mass is 525 g/mol. The van der Waals surface area contributed by atoms with Gasteiger partial charge in [-0.2, -0.15) is 0 Å². The fourth-order valence-electron chi connectivity index (χ4n) is 5.23. The molecule has 7 heteroatoms. The lowest BCUT2D eigenvalue weighted by Crippen LogP contribution is -2.36. The maximum absolute atomic E-state index is 12.8. The van der Waals surface area contributed by atoms with Gasteiger partial charge < -0.3 is 14.8 Å². The summed E-state index contributed by atoms with van der Waals surface area (Å²) in [4.78, 5) is 27.9. The van der Waals surface area contributed by atoms with E-state index in [2.05, 4.69) is 27.7 Å². The Morgan fingerprint density at radius 2 is 1.72 bits per heavy atom. The third kappa shape index (κ3) is 6.21. The van der Waals surface area contributed by atoms with Gasteiger partial charge in [0, 0.05) is 42.7 Å². The molecule has 2 heterocycles. The summed E-state index contributed by atoms with van der Waals surface area (Å²) in [6.45, 7) is 6.72. The number of benzene rings is 3. The minimum Gasteiger partial charge on any atom is -0.491 e. The molecule has 0 aromatic heterocycles. The second-order valence-electron chi connectivity index (χ2n) is 10.4. The first-order valence-corrected chi connectivity index (χ1v) is 13.5. The number of nitrogens with zero attached hydrogens (tertiary/aromatic N) is 1. The first-order valence-electron chi connectivity index (χ1n) is 13.5. The molecule has 0 radical (unpaired) electrons. The van der Waals surface area contributed by atoms with Gasteiger partial charge in [0.05, 0.1) is 18.3 Å². The highest BCUT2D eigenvalue weighted by Gasteiger charge is 2.28. The molecule has 2 N–H and O–H groups in total. The topological polar surface area (TPSA) is 79.9 Å². The molecule has 1 fully saturated rings. The number of methoxy groups -OCH3 is 1. The summed E-state index contributed by atoms with van der Waals surface area (Å²) in [6.07, 6.45) is 4.15. The lowest BCUT2D eigenvalue weighted by atomic mass is 9.91. The van der Waals surface area contributed by atoms with Crippen molar-refractivity contribution in [3.63, 3.8) is 0 Å². The van der Waals surface area contributed by atoms with Gasteiger partial charge in [0.15, 0.2) is 0 Å². The molecule has 2 amide bonds. The molecule has 39 heavy (non-hydrogen) atoms. The van der Waals surface area contributed by atoms with Crippen LogP contribution in [0.15, 0.2) is 72.9 Å². The Kier molecular flexibility index (Phi) is 8.10. The van der Waals surface area contributed by atoms with Crippen LogP contribution < -0.4 is 15.4 Å². The maximum Gasteiger partial charge on any atom is 0.260 e. The van der Waals surface area contributed by atoms with Crippen LogP contribution in [0.1, 0.15) is 48.2 Å². The number of anilines is 1. The highest BCUT2D eigenvalue weighted by Crippen LogP contribution is 2.31. The average molecular weight is 526 g/mol. The molecule has 0 unspecified atom stereocenters. The van der Waals surface area contributed by atoms with Gasteiger partial charge in [-0.3, -0.25) is 19.8 Å². The number of carbonyl (C=O) groups is 2. The molecule has 0 spiro atoms. The van der Waals surface area contributed by atoms with Crippen molar-refractivity contribution in [2.24, 2.45) is 0 Å². The molecule has 3 aromatic rings. The molecule has 3 aromatic carbocycles. The Hall–Kier alpha value is -3.94. The van der Waals surface area contributed by atoms with Gasteiger partial charge in [-0.1, -0.05) is 30.3 Å². The van der Waals surface area contributed by atoms with E-state index in [1.807, 2.05) is 62.4 Å². The number of imide groups is 1. The van der Waals surface area contributed by atoms with E-state index < -0.39 is 11.8 Å². The lowest BCUT2D eigenvalue weighted by Gasteiger charge is -2.23. The zero-order chi connectivity index (χ0) is 27.4. The minimum atomic E-state index is -0.423. The summed E-state index contributed by atoms with van der Waals surface area (Å²) in [5, 5.41) is 5.70. The van der Waals surface area contributed by atoms with Crippen molar-refractivity contribution < 1.29 is 19.1 Å². The Labute approximate surface area is 229 Å². The number of likely N-dealkylation sites (tertiary alicyclic amines) is 1. The molecule has 0 aliphatic carbocycles. The third-order valence-corrected chi connectivity index (χ3v) is 7.17. The summed E-state index contributed by atoms with van der Waals surface area (Å²) >= 11 is 0. The first-order chi connectivity index (χ1) is 18.9. The molecule has 2 aliphatic rings. The quantitative estimate of drug-likeness (QED) is 0.285. The van der Waals surface area contributed by atoms with Gasteiger partial charge in [0.2, 0.25) is 0 Å². The van der Waals surface area contributed by atoms with Crippen molar-refractivity contribution in [3.05, 3.63) is 89.6 Å². The minimum absolute atomic E-state index is 0.0962. The van der Waals surface area contributed by atoms with E-state index in [1.54, 1.807) is 19.4 Å². The van der Waals surface area contributed by atoms with E-state index in [9.17, 15) is 9.59 Å². The highest BCUT2D eigenvalue weighted by atomic mass is 16.5. The summed E-state index contributed by atoms with van der Waals surface area (Å²) < 4.78 is 11.1. The van der Waals surface area contributed by atoms with Crippen molar-refractivity contribution in [2.75, 3.05) is 25.6 Å². The van der Waals surface area contributed by atoms with Gasteiger partial charge in [0.25, 0.3) is 11.8 Å². The summed E-state index contributed by atoms with van der Waals surface area (Å²) in [6, 6.07) is 22.1. The molecule has 2 aliphatic heterocycles. The van der Waals surface area contributed by atoms with Crippen LogP contribution in [0.2, 0.25) is 0 Å². The van der Waals surface area contributed by atoms with Crippen LogP contribution >= 0.6 is 0 Å². The molecule has 5 rings (SSSR count). The van der Waals surface area contributed by atoms with E-state index in [0.717, 1.165) is 42.3 Å². The Balaban J connectivity index is 1.34. The van der Waals surface area contributed by atoms with Crippen LogP contribution in [0.4, 0.5) is 5.69 Å². The second kappa shape index (κ2) is 11.8. The van der Waals surface area contributed by atoms with Crippen molar-refractivity contribution in [1.29, 1.82) is 0 Å². The van der Waals surface area contributed by atoms with Crippen molar-refractivity contribution in [1.82, 2.24) is 10.2 Å². The van der Waals surface area contributed by atoms with Gasteiger partial charge >= 0.3 is 0 Å². The van der Waals surface area contributed by atoms with Crippen LogP contribution in [-0.2, 0) is 16.1 Å². The third-order valence-electron chi connectivity index (χ3n) is 7.17. The lowest BCUT2D eigenvalue weighted by molar-refractivity contribution is -0.114. The Morgan fingerprint density at radius 3 is 2.44 bits per heavy atom. The highest BCUT2D eigenvalue weighted by molar-refractivity contribution is 6.31. The first kappa shape index (κ1) is 26.7. The molecule has 1 atom stereocenters. The predicted octanol–water partition coefficient (Wildman–Crippen LogP) is 5.47. The van der Waals surface area contributed by atoms with E-state index in [1.165, 1.54) is 18.4 Å². The zero-order valence-corrected chi connectivity index (χ0v) is 22.7. The number of ether oxygens (including phenoxy) is 2. The maximum atomic E-state index is 12.8. The van der Waals surface area contributed by atoms with Crippen molar-refractivity contribution in [2.45, 2.75) is 45.4 Å². The molecule has 202 valence electrons. The number of amides is 2. The van der Waals surface area contributed by atoms with Crippen LogP contribution in [0, 0.1) is 0 Å². The molecule has 0 bridgehead atoms. The van der Waals surface area contributed by atoms with E-state index in [-0.39, 0.29) is 6.10 Å². The van der Waals surface area contributed by atoms with Crippen LogP contribution in [0.25, 0.3) is 16.7 Å². The standard InChI is InChI=1S/C32H35N3O4/c1-21(2)39-27-13-8-23(9-14-27)24-10-15-28-29(17-24)30(32(37)34-31(28)36)18-33-25-11-6-22(7-12-25)19-35-16-4-5-26(35)20-38-3/h6-15,17-18,21,26,33H,4-5,16,19-20H2,1-3H3,(H,34,36,37)/b30-18-/t26-/m1/s1. The Bertz CT molecular complexity index is 1360. The molecular weight excluding hydrogens is 490 g/mol. The number of hydrogen-bond donors (Lipinski definition) is 2. The molecule has 7 nitrogen and oxygen atoms in total. The van der Waals surface area contributed by atoms with Gasteiger partial charge in [-0.15, -0.1) is 0 Å². The van der Waals surface area contributed by atoms with Crippen LogP contribution in [-0.4, -0.2) is 49.1 Å². The van der Waals surface area contributed by atoms with E-state index >= 15 is 0 Å². The Morgan fingerprint density at radius 1 is 0.974 bits per heavy atom. The number of fused-ring (bicyclic) bond motifs is 1. The van der Waals surface area contributed by atoms with Gasteiger partial charge in [0.1, 0.15) is 5.75 Å². The second-order valence-corrected chi connectivity index (χ2v) is 10.4. The molecule has 0 saturated carbocycles. The number of rotatable bonds is 9. The SMILES string of the molecule is COC[C@H]1CCCN1Cc1ccc(N/C=C2\C(=O)NC(=O)c3ccc(-c4ccc(OC(C)C)cc4)cc32)cc1. The predicted molar refractivity (Wildman–Crippen MR) is 153 cm³/mol. The summed E-state index contributed by atoms with van der Waals surface area (Å²) in [5.41, 5.74) is 5.47. The number of nitrogens with one attached hydrogen (secondary N) is 2. The number of hydrogen-bond acceptors (Lipinski definition) is 6. The van der Waals surface area contributed by atoms with Gasteiger partial charge in [-0.25, -0.2) is 0 Å². The zero-order valence-electron chi connectivity index (χ0n) is 22.7. The van der Waals surface area contributed by atoms with Crippen LogP contribution in [0.5, 0.6) is 5.75 Å². The average Bonchev–Trinajstić information content (AvgIpc) is 3.36. The fraction of sp³-hybridized carbons (Fsp3) is 0.312. The smallest absolute Gasteiger partial charge is 0.260 e.